The zero-order chi connectivity index (χ0) is 22.2. The van der Waals surface area contributed by atoms with Crippen LogP contribution in [0.1, 0.15) is 27.9 Å². The van der Waals surface area contributed by atoms with E-state index < -0.39 is 0 Å². The molecular weight excluding hydrogens is 400 g/mol. The Morgan fingerprint density at radius 1 is 0.938 bits per heavy atom. The highest BCUT2D eigenvalue weighted by Gasteiger charge is 2.17. The summed E-state index contributed by atoms with van der Waals surface area (Å²) in [4.78, 5) is 19.9. The molecule has 2 aliphatic rings. The molecular formula is C26H36N4O2. The maximum Gasteiger partial charge on any atom is 0.251 e. The summed E-state index contributed by atoms with van der Waals surface area (Å²) in [6.45, 7) is 12.5. The van der Waals surface area contributed by atoms with Gasteiger partial charge in [-0.25, -0.2) is 0 Å². The van der Waals surface area contributed by atoms with Crippen molar-refractivity contribution >= 4 is 11.6 Å². The Labute approximate surface area is 192 Å². The van der Waals surface area contributed by atoms with E-state index in [9.17, 15) is 4.79 Å². The molecule has 0 aliphatic carbocycles. The quantitative estimate of drug-likeness (QED) is 0.645. The predicted molar refractivity (Wildman–Crippen MR) is 129 cm³/mol. The summed E-state index contributed by atoms with van der Waals surface area (Å²) < 4.78 is 5.42. The smallest absolute Gasteiger partial charge is 0.251 e. The number of hydrogen-bond acceptors (Lipinski definition) is 5. The lowest BCUT2D eigenvalue weighted by Crippen LogP contribution is -2.47. The minimum atomic E-state index is 0.0260. The van der Waals surface area contributed by atoms with Gasteiger partial charge >= 0.3 is 0 Å². The fraction of sp³-hybridized carbons (Fsp3) is 0.500. The fourth-order valence-corrected chi connectivity index (χ4v) is 4.49. The number of carbonyl (C=O) groups is 1. The normalized spacial score (nSPS) is 18.0. The molecule has 2 saturated heterocycles. The summed E-state index contributed by atoms with van der Waals surface area (Å²) >= 11 is 0. The molecule has 6 heteroatoms. The van der Waals surface area contributed by atoms with Crippen LogP contribution in [0, 0.1) is 6.92 Å². The largest absolute Gasteiger partial charge is 0.379 e. The van der Waals surface area contributed by atoms with Gasteiger partial charge in [0.1, 0.15) is 0 Å². The third-order valence-corrected chi connectivity index (χ3v) is 6.37. The monoisotopic (exact) mass is 436 g/mol. The van der Waals surface area contributed by atoms with Crippen LogP contribution in [0.2, 0.25) is 0 Å². The standard InChI is InChI=1S/C26H36N4O2/c1-22-5-2-8-25(19-22)30-13-11-28(12-14-30)10-4-9-27-26(31)24-7-3-6-23(20-24)21-29-15-17-32-18-16-29/h2-3,5-8,19-20H,4,9-18,21H2,1H3,(H,27,31). The van der Waals surface area contributed by atoms with Gasteiger partial charge in [0.15, 0.2) is 0 Å². The minimum Gasteiger partial charge on any atom is -0.379 e. The van der Waals surface area contributed by atoms with Crippen LogP contribution in [0.25, 0.3) is 0 Å². The molecule has 0 radical (unpaired) electrons. The molecule has 0 atom stereocenters. The number of ether oxygens (including phenoxy) is 1. The second kappa shape index (κ2) is 11.5. The molecule has 2 aromatic rings. The molecule has 0 unspecified atom stereocenters. The van der Waals surface area contributed by atoms with E-state index >= 15 is 0 Å². The van der Waals surface area contributed by atoms with Gasteiger partial charge in [-0.15, -0.1) is 0 Å². The van der Waals surface area contributed by atoms with Gasteiger partial charge in [-0.05, 0) is 55.3 Å². The van der Waals surface area contributed by atoms with Crippen LogP contribution in [0.15, 0.2) is 48.5 Å². The van der Waals surface area contributed by atoms with Gasteiger partial charge < -0.3 is 15.0 Å². The molecule has 1 N–H and O–H groups in total. The van der Waals surface area contributed by atoms with Gasteiger partial charge in [0.05, 0.1) is 13.2 Å². The number of nitrogens with one attached hydrogen (secondary N) is 1. The highest BCUT2D eigenvalue weighted by Crippen LogP contribution is 2.18. The Morgan fingerprint density at radius 2 is 1.72 bits per heavy atom. The van der Waals surface area contributed by atoms with Crippen molar-refractivity contribution in [2.45, 2.75) is 19.9 Å². The number of hydrogen-bond donors (Lipinski definition) is 1. The second-order valence-corrected chi connectivity index (χ2v) is 8.87. The summed E-state index contributed by atoms with van der Waals surface area (Å²) in [5.41, 5.74) is 4.58. The van der Waals surface area contributed by atoms with Gasteiger partial charge in [-0.2, -0.15) is 0 Å². The number of amides is 1. The van der Waals surface area contributed by atoms with Crippen molar-refractivity contribution < 1.29 is 9.53 Å². The lowest BCUT2D eigenvalue weighted by Gasteiger charge is -2.36. The van der Waals surface area contributed by atoms with E-state index in [4.69, 9.17) is 4.74 Å². The van der Waals surface area contributed by atoms with E-state index in [1.165, 1.54) is 16.8 Å². The number of piperazine rings is 1. The minimum absolute atomic E-state index is 0.0260. The van der Waals surface area contributed by atoms with E-state index in [-0.39, 0.29) is 5.91 Å². The maximum absolute atomic E-state index is 12.6. The molecule has 6 nitrogen and oxygen atoms in total. The van der Waals surface area contributed by atoms with Crippen molar-refractivity contribution in [1.29, 1.82) is 0 Å². The number of carbonyl (C=O) groups excluding carboxylic acids is 1. The lowest BCUT2D eigenvalue weighted by atomic mass is 10.1. The molecule has 2 aliphatic heterocycles. The molecule has 2 fully saturated rings. The zero-order valence-electron chi connectivity index (χ0n) is 19.3. The first-order valence-electron chi connectivity index (χ1n) is 11.9. The Bertz CT molecular complexity index is 874. The van der Waals surface area contributed by atoms with Gasteiger partial charge in [-0.3, -0.25) is 14.6 Å². The predicted octanol–water partition coefficient (Wildman–Crippen LogP) is 2.77. The number of nitrogens with zero attached hydrogens (tertiary/aromatic N) is 3. The SMILES string of the molecule is Cc1cccc(N2CCN(CCCNC(=O)c3cccc(CN4CCOCC4)c3)CC2)c1. The van der Waals surface area contributed by atoms with Crippen LogP contribution in [-0.4, -0.2) is 81.3 Å². The maximum atomic E-state index is 12.6. The van der Waals surface area contributed by atoms with E-state index in [0.29, 0.717) is 6.54 Å². The van der Waals surface area contributed by atoms with E-state index in [2.05, 4.69) is 57.3 Å². The van der Waals surface area contributed by atoms with Crippen LogP contribution in [-0.2, 0) is 11.3 Å². The number of rotatable bonds is 8. The Morgan fingerprint density at radius 3 is 2.50 bits per heavy atom. The average Bonchev–Trinajstić information content (AvgIpc) is 2.83. The van der Waals surface area contributed by atoms with Gasteiger partial charge in [0.2, 0.25) is 0 Å². The first-order valence-corrected chi connectivity index (χ1v) is 11.9. The molecule has 2 heterocycles. The topological polar surface area (TPSA) is 48.0 Å². The number of morpholine rings is 1. The summed E-state index contributed by atoms with van der Waals surface area (Å²) in [6, 6.07) is 16.8. The summed E-state index contributed by atoms with van der Waals surface area (Å²) in [7, 11) is 0. The van der Waals surface area contributed by atoms with Crippen LogP contribution < -0.4 is 10.2 Å². The van der Waals surface area contributed by atoms with Crippen LogP contribution in [0.3, 0.4) is 0 Å². The van der Waals surface area contributed by atoms with Gasteiger partial charge in [0, 0.05) is 63.6 Å². The number of benzene rings is 2. The van der Waals surface area contributed by atoms with Crippen LogP contribution in [0.4, 0.5) is 5.69 Å². The molecule has 0 bridgehead atoms. The van der Waals surface area contributed by atoms with Crippen LogP contribution >= 0.6 is 0 Å². The Hall–Kier alpha value is -2.41. The number of anilines is 1. The van der Waals surface area contributed by atoms with Crippen molar-refractivity contribution in [2.24, 2.45) is 0 Å². The molecule has 172 valence electrons. The highest BCUT2D eigenvalue weighted by molar-refractivity contribution is 5.94. The van der Waals surface area contributed by atoms with Crippen molar-refractivity contribution in [2.75, 3.05) is 70.5 Å². The first-order chi connectivity index (χ1) is 15.7. The fourth-order valence-electron chi connectivity index (χ4n) is 4.49. The van der Waals surface area contributed by atoms with E-state index in [0.717, 1.165) is 77.6 Å². The highest BCUT2D eigenvalue weighted by atomic mass is 16.5. The molecule has 4 rings (SSSR count). The molecule has 0 aromatic heterocycles. The zero-order valence-corrected chi connectivity index (χ0v) is 19.3. The van der Waals surface area contributed by atoms with Crippen molar-refractivity contribution in [3.8, 4) is 0 Å². The average molecular weight is 437 g/mol. The number of aryl methyl sites for hydroxylation is 1. The van der Waals surface area contributed by atoms with Gasteiger partial charge in [0.25, 0.3) is 5.91 Å². The van der Waals surface area contributed by atoms with E-state index in [1.54, 1.807) is 0 Å². The van der Waals surface area contributed by atoms with Crippen molar-refractivity contribution in [1.82, 2.24) is 15.1 Å². The van der Waals surface area contributed by atoms with Crippen molar-refractivity contribution in [3.05, 3.63) is 65.2 Å². The second-order valence-electron chi connectivity index (χ2n) is 8.87. The molecule has 0 saturated carbocycles. The Balaban J connectivity index is 1.15. The first kappa shape index (κ1) is 22.8. The molecule has 2 aromatic carbocycles. The Kier molecular flexibility index (Phi) is 8.15. The third-order valence-electron chi connectivity index (χ3n) is 6.37. The van der Waals surface area contributed by atoms with Crippen LogP contribution in [0.5, 0.6) is 0 Å². The van der Waals surface area contributed by atoms with Gasteiger partial charge in [-0.1, -0.05) is 24.3 Å². The summed E-state index contributed by atoms with van der Waals surface area (Å²) in [6.07, 6.45) is 0.976. The third kappa shape index (κ3) is 6.55. The molecule has 32 heavy (non-hydrogen) atoms. The van der Waals surface area contributed by atoms with E-state index in [1.807, 2.05) is 18.2 Å². The molecule has 1 amide bonds. The molecule has 0 spiro atoms. The lowest BCUT2D eigenvalue weighted by molar-refractivity contribution is 0.0342. The summed E-state index contributed by atoms with van der Waals surface area (Å²) in [5, 5.41) is 3.10. The van der Waals surface area contributed by atoms with Crippen molar-refractivity contribution in [3.63, 3.8) is 0 Å². The summed E-state index contributed by atoms with van der Waals surface area (Å²) in [5.74, 6) is 0.0260.